The minimum atomic E-state index is 0.167. The smallest absolute Gasteiger partial charge is 0.0185 e. The molecule has 1 saturated carbocycles. The van der Waals surface area contributed by atoms with Crippen LogP contribution in [0.3, 0.4) is 0 Å². The summed E-state index contributed by atoms with van der Waals surface area (Å²) >= 11 is 0. The van der Waals surface area contributed by atoms with E-state index in [0.717, 1.165) is 0 Å². The molecule has 1 aliphatic rings. The first-order valence-electron chi connectivity index (χ1n) is 6.78. The minimum absolute atomic E-state index is 0.167. The Bertz CT molecular complexity index is 355. The van der Waals surface area contributed by atoms with Crippen molar-refractivity contribution in [1.82, 2.24) is 0 Å². The van der Waals surface area contributed by atoms with E-state index >= 15 is 0 Å². The molecule has 0 radical (unpaired) electrons. The van der Waals surface area contributed by atoms with Crippen LogP contribution in [0.15, 0.2) is 30.3 Å². The minimum Gasteiger partial charge on any atom is -0.326 e. The predicted octanol–water partition coefficient (Wildman–Crippen LogP) is 3.87. The van der Waals surface area contributed by atoms with Crippen molar-refractivity contribution < 1.29 is 0 Å². The van der Waals surface area contributed by atoms with Crippen LogP contribution in [0.5, 0.6) is 0 Å². The Hall–Kier alpha value is -0.820. The van der Waals surface area contributed by atoms with Gasteiger partial charge in [0.1, 0.15) is 0 Å². The standard InChI is InChI=1S/C16H25N/c1-15(2,3)14(17)16(11-7-8-12-16)13-9-5-4-6-10-13/h4-6,9-10,14H,7-8,11-12,17H2,1-3H3. The number of benzene rings is 1. The molecular weight excluding hydrogens is 206 g/mol. The van der Waals surface area contributed by atoms with Gasteiger partial charge in [0.15, 0.2) is 0 Å². The van der Waals surface area contributed by atoms with Gasteiger partial charge in [-0.15, -0.1) is 0 Å². The largest absolute Gasteiger partial charge is 0.326 e. The second-order valence-corrected chi connectivity index (χ2v) is 6.57. The van der Waals surface area contributed by atoms with E-state index < -0.39 is 0 Å². The summed E-state index contributed by atoms with van der Waals surface area (Å²) in [6, 6.07) is 11.1. The Morgan fingerprint density at radius 2 is 1.59 bits per heavy atom. The van der Waals surface area contributed by atoms with Gasteiger partial charge < -0.3 is 5.73 Å². The average Bonchev–Trinajstić information content (AvgIpc) is 2.78. The fourth-order valence-electron chi connectivity index (χ4n) is 3.38. The highest BCUT2D eigenvalue weighted by molar-refractivity contribution is 5.30. The summed E-state index contributed by atoms with van der Waals surface area (Å²) in [5, 5.41) is 0. The summed E-state index contributed by atoms with van der Waals surface area (Å²) in [6.07, 6.45) is 5.13. The van der Waals surface area contributed by atoms with Crippen LogP contribution in [0.2, 0.25) is 0 Å². The van der Waals surface area contributed by atoms with Crippen LogP contribution in [0.25, 0.3) is 0 Å². The quantitative estimate of drug-likeness (QED) is 0.821. The molecule has 1 atom stereocenters. The number of hydrogen-bond acceptors (Lipinski definition) is 1. The lowest BCUT2D eigenvalue weighted by atomic mass is 9.65. The second kappa shape index (κ2) is 4.45. The van der Waals surface area contributed by atoms with E-state index in [1.807, 2.05) is 0 Å². The number of rotatable bonds is 2. The Kier molecular flexibility index (Phi) is 3.31. The van der Waals surface area contributed by atoms with Crippen molar-refractivity contribution in [2.45, 2.75) is 57.9 Å². The van der Waals surface area contributed by atoms with Crippen molar-refractivity contribution in [2.24, 2.45) is 11.1 Å². The summed E-state index contributed by atoms with van der Waals surface area (Å²) in [7, 11) is 0. The van der Waals surface area contributed by atoms with Gasteiger partial charge in [-0.1, -0.05) is 63.9 Å². The Morgan fingerprint density at radius 1 is 1.06 bits per heavy atom. The summed E-state index contributed by atoms with van der Waals surface area (Å²) in [6.45, 7) is 6.79. The summed E-state index contributed by atoms with van der Waals surface area (Å²) in [4.78, 5) is 0. The maximum atomic E-state index is 6.62. The van der Waals surface area contributed by atoms with Gasteiger partial charge in [-0.25, -0.2) is 0 Å². The summed E-state index contributed by atoms with van der Waals surface area (Å²) in [5.41, 5.74) is 8.44. The maximum Gasteiger partial charge on any atom is 0.0185 e. The molecule has 0 spiro atoms. The van der Waals surface area contributed by atoms with E-state index in [9.17, 15) is 0 Å². The molecule has 1 aliphatic carbocycles. The second-order valence-electron chi connectivity index (χ2n) is 6.57. The normalized spacial score (nSPS) is 21.4. The lowest BCUT2D eigenvalue weighted by Crippen LogP contribution is -2.51. The van der Waals surface area contributed by atoms with Gasteiger partial charge in [0.2, 0.25) is 0 Å². The molecule has 1 aromatic rings. The first-order chi connectivity index (χ1) is 7.97. The van der Waals surface area contributed by atoms with Gasteiger partial charge in [-0.2, -0.15) is 0 Å². The van der Waals surface area contributed by atoms with E-state index in [1.54, 1.807) is 0 Å². The highest BCUT2D eigenvalue weighted by Gasteiger charge is 2.45. The molecule has 1 aromatic carbocycles. The zero-order valence-corrected chi connectivity index (χ0v) is 11.4. The van der Waals surface area contributed by atoms with E-state index in [-0.39, 0.29) is 16.9 Å². The van der Waals surface area contributed by atoms with E-state index in [4.69, 9.17) is 5.73 Å². The zero-order valence-electron chi connectivity index (χ0n) is 11.4. The first-order valence-corrected chi connectivity index (χ1v) is 6.78. The first kappa shape index (κ1) is 12.6. The van der Waals surface area contributed by atoms with Gasteiger partial charge >= 0.3 is 0 Å². The zero-order chi connectivity index (χ0) is 12.5. The Labute approximate surface area is 105 Å². The Balaban J connectivity index is 2.40. The van der Waals surface area contributed by atoms with Crippen LogP contribution in [0, 0.1) is 5.41 Å². The van der Waals surface area contributed by atoms with Crippen molar-refractivity contribution in [3.8, 4) is 0 Å². The number of nitrogens with two attached hydrogens (primary N) is 1. The van der Waals surface area contributed by atoms with Crippen molar-refractivity contribution >= 4 is 0 Å². The Morgan fingerprint density at radius 3 is 2.06 bits per heavy atom. The van der Waals surface area contributed by atoms with Crippen molar-refractivity contribution in [3.05, 3.63) is 35.9 Å². The highest BCUT2D eigenvalue weighted by atomic mass is 14.7. The average molecular weight is 231 g/mol. The molecule has 1 fully saturated rings. The van der Waals surface area contributed by atoms with Crippen molar-refractivity contribution in [1.29, 1.82) is 0 Å². The molecule has 17 heavy (non-hydrogen) atoms. The van der Waals surface area contributed by atoms with Gasteiger partial charge in [0.05, 0.1) is 0 Å². The van der Waals surface area contributed by atoms with E-state index in [1.165, 1.54) is 31.2 Å². The third-order valence-electron chi connectivity index (χ3n) is 4.37. The van der Waals surface area contributed by atoms with E-state index in [2.05, 4.69) is 51.1 Å². The third kappa shape index (κ3) is 2.26. The monoisotopic (exact) mass is 231 g/mol. The molecule has 1 unspecified atom stereocenters. The molecule has 0 aromatic heterocycles. The van der Waals surface area contributed by atoms with Crippen LogP contribution < -0.4 is 5.73 Å². The molecule has 2 N–H and O–H groups in total. The molecule has 0 saturated heterocycles. The molecular formula is C16H25N. The van der Waals surface area contributed by atoms with Gasteiger partial charge in [0.25, 0.3) is 0 Å². The van der Waals surface area contributed by atoms with E-state index in [0.29, 0.717) is 0 Å². The van der Waals surface area contributed by atoms with Gasteiger partial charge in [0, 0.05) is 11.5 Å². The molecule has 1 nitrogen and oxygen atoms in total. The maximum absolute atomic E-state index is 6.62. The van der Waals surface area contributed by atoms with Crippen molar-refractivity contribution in [3.63, 3.8) is 0 Å². The molecule has 0 bridgehead atoms. The molecule has 2 rings (SSSR count). The topological polar surface area (TPSA) is 26.0 Å². The van der Waals surface area contributed by atoms with Crippen LogP contribution in [-0.2, 0) is 5.41 Å². The lowest BCUT2D eigenvalue weighted by Gasteiger charge is -2.43. The van der Waals surface area contributed by atoms with Gasteiger partial charge in [-0.3, -0.25) is 0 Å². The molecule has 1 heteroatoms. The lowest BCUT2D eigenvalue weighted by molar-refractivity contribution is 0.201. The van der Waals surface area contributed by atoms with Crippen LogP contribution in [0.4, 0.5) is 0 Å². The molecule has 94 valence electrons. The third-order valence-corrected chi connectivity index (χ3v) is 4.37. The van der Waals surface area contributed by atoms with Crippen LogP contribution in [-0.4, -0.2) is 6.04 Å². The molecule has 0 aliphatic heterocycles. The number of hydrogen-bond donors (Lipinski definition) is 1. The van der Waals surface area contributed by atoms with Crippen molar-refractivity contribution in [2.75, 3.05) is 0 Å². The summed E-state index contributed by atoms with van der Waals surface area (Å²) in [5.74, 6) is 0. The fourth-order valence-corrected chi connectivity index (χ4v) is 3.38. The molecule has 0 amide bonds. The fraction of sp³-hybridized carbons (Fsp3) is 0.625. The SMILES string of the molecule is CC(C)(C)C(N)C1(c2ccccc2)CCCC1. The van der Waals surface area contributed by atoms with Crippen LogP contribution >= 0.6 is 0 Å². The predicted molar refractivity (Wildman–Crippen MR) is 74.0 cm³/mol. The van der Waals surface area contributed by atoms with Crippen LogP contribution in [0.1, 0.15) is 52.0 Å². The highest BCUT2D eigenvalue weighted by Crippen LogP contribution is 2.47. The van der Waals surface area contributed by atoms with Gasteiger partial charge in [-0.05, 0) is 23.8 Å². The summed E-state index contributed by atoms with van der Waals surface area (Å²) < 4.78 is 0. The molecule has 0 heterocycles.